The standard InChI is InChI=1S/C26H20F4I2O9S/c1-3-11(2)12-4-5-17(41-26(35)15-9-13(31)10-16(32)22(15)33)14(8-12)25(34)40-7-6-39-23-18(27)20(29)24(42(36,37)38)21(30)19(23)28/h4-5,8-11,33H,3,6-7H2,1-2H3,(H,36,37,38)/p-1. The number of hydrogen-bond acceptors (Lipinski definition) is 9. The van der Waals surface area contributed by atoms with Crippen LogP contribution in [0.15, 0.2) is 35.2 Å². The lowest BCUT2D eigenvalue weighted by atomic mass is 9.96. The van der Waals surface area contributed by atoms with Crippen LogP contribution >= 0.6 is 45.2 Å². The van der Waals surface area contributed by atoms with Crippen molar-refractivity contribution in [3.63, 3.8) is 0 Å². The predicted molar refractivity (Wildman–Crippen MR) is 154 cm³/mol. The van der Waals surface area contributed by atoms with Crippen LogP contribution in [-0.2, 0) is 14.9 Å². The van der Waals surface area contributed by atoms with E-state index in [4.69, 9.17) is 9.47 Å². The number of ether oxygens (including phenoxy) is 3. The van der Waals surface area contributed by atoms with Crippen molar-refractivity contribution in [1.82, 2.24) is 0 Å². The minimum atomic E-state index is -5.90. The van der Waals surface area contributed by atoms with E-state index in [-0.39, 0.29) is 28.5 Å². The van der Waals surface area contributed by atoms with Gasteiger partial charge in [-0.3, -0.25) is 0 Å². The van der Waals surface area contributed by atoms with Gasteiger partial charge in [-0.2, -0.15) is 8.78 Å². The fourth-order valence-electron chi connectivity index (χ4n) is 3.51. The summed E-state index contributed by atoms with van der Waals surface area (Å²) >= 11 is 3.77. The molecule has 42 heavy (non-hydrogen) atoms. The molecular formula is C26H19F4I2O9S-. The molecule has 1 N–H and O–H groups in total. The summed E-state index contributed by atoms with van der Waals surface area (Å²) in [5, 5.41) is 10.3. The zero-order valence-corrected chi connectivity index (χ0v) is 26.6. The Bertz CT molecular complexity index is 1640. The summed E-state index contributed by atoms with van der Waals surface area (Å²) in [5.41, 5.74) is 0.292. The van der Waals surface area contributed by atoms with E-state index in [1.165, 1.54) is 18.2 Å². The molecule has 0 aliphatic rings. The number of aromatic hydroxyl groups is 1. The Labute approximate surface area is 264 Å². The molecule has 226 valence electrons. The molecule has 0 aromatic heterocycles. The van der Waals surface area contributed by atoms with Crippen LogP contribution in [-0.4, -0.2) is 43.2 Å². The van der Waals surface area contributed by atoms with E-state index in [1.807, 2.05) is 59.0 Å². The molecule has 0 saturated heterocycles. The highest BCUT2D eigenvalue weighted by molar-refractivity contribution is 14.1. The minimum absolute atomic E-state index is 0.0254. The van der Waals surface area contributed by atoms with Gasteiger partial charge in [0, 0.05) is 3.57 Å². The van der Waals surface area contributed by atoms with Crippen LogP contribution in [0.25, 0.3) is 0 Å². The third kappa shape index (κ3) is 7.43. The maximum Gasteiger partial charge on any atom is 0.347 e. The maximum atomic E-state index is 14.1. The number of benzene rings is 3. The number of esters is 2. The Balaban J connectivity index is 1.82. The normalized spacial score (nSPS) is 12.1. The van der Waals surface area contributed by atoms with E-state index < -0.39 is 69.2 Å². The third-order valence-corrected chi connectivity index (χ3v) is 8.15. The molecule has 0 aliphatic heterocycles. The first-order valence-electron chi connectivity index (χ1n) is 11.7. The Kier molecular flexibility index (Phi) is 11.0. The number of phenols is 1. The average molecular weight is 837 g/mol. The zero-order valence-electron chi connectivity index (χ0n) is 21.5. The molecule has 0 saturated carbocycles. The predicted octanol–water partition coefficient (Wildman–Crippen LogP) is 6.03. The summed E-state index contributed by atoms with van der Waals surface area (Å²) in [4.78, 5) is 23.5. The van der Waals surface area contributed by atoms with E-state index in [9.17, 15) is 45.2 Å². The van der Waals surface area contributed by atoms with E-state index in [0.29, 0.717) is 19.1 Å². The molecule has 0 amide bonds. The molecule has 0 fully saturated rings. The molecule has 0 aliphatic carbocycles. The van der Waals surface area contributed by atoms with Gasteiger partial charge >= 0.3 is 11.9 Å². The molecule has 16 heteroatoms. The second-order valence-corrected chi connectivity index (χ2v) is 12.3. The molecule has 9 nitrogen and oxygen atoms in total. The molecule has 0 bridgehead atoms. The van der Waals surface area contributed by atoms with Crippen molar-refractivity contribution in [3.05, 3.63) is 77.4 Å². The van der Waals surface area contributed by atoms with Crippen LogP contribution in [0.1, 0.15) is 52.5 Å². The molecule has 1 atom stereocenters. The lowest BCUT2D eigenvalue weighted by Crippen LogP contribution is -2.18. The van der Waals surface area contributed by atoms with Crippen LogP contribution in [0, 0.1) is 30.4 Å². The van der Waals surface area contributed by atoms with E-state index in [2.05, 4.69) is 4.74 Å². The van der Waals surface area contributed by atoms with Crippen LogP contribution in [0.2, 0.25) is 0 Å². The summed E-state index contributed by atoms with van der Waals surface area (Å²) in [5.74, 6) is -13.8. The second kappa shape index (κ2) is 13.7. The van der Waals surface area contributed by atoms with Crippen LogP contribution in [0.5, 0.6) is 17.2 Å². The summed E-state index contributed by atoms with van der Waals surface area (Å²) in [6.45, 7) is 2.18. The number of halogens is 6. The highest BCUT2D eigenvalue weighted by Crippen LogP contribution is 2.33. The minimum Gasteiger partial charge on any atom is -0.744 e. The summed E-state index contributed by atoms with van der Waals surface area (Å²) < 4.78 is 105. The molecule has 3 aromatic carbocycles. The fourth-order valence-corrected chi connectivity index (χ4v) is 5.97. The molecular weight excluding hydrogens is 818 g/mol. The molecule has 1 unspecified atom stereocenters. The van der Waals surface area contributed by atoms with Crippen molar-refractivity contribution in [3.8, 4) is 17.2 Å². The van der Waals surface area contributed by atoms with E-state index in [0.717, 1.165) is 0 Å². The lowest BCUT2D eigenvalue weighted by Gasteiger charge is -2.16. The van der Waals surface area contributed by atoms with Gasteiger partial charge in [-0.15, -0.1) is 0 Å². The molecule has 3 rings (SSSR count). The molecule has 0 heterocycles. The van der Waals surface area contributed by atoms with Gasteiger partial charge in [-0.05, 0) is 87.3 Å². The lowest BCUT2D eigenvalue weighted by molar-refractivity contribution is 0.0439. The number of hydrogen-bond donors (Lipinski definition) is 1. The average Bonchev–Trinajstić information content (AvgIpc) is 2.92. The topological polar surface area (TPSA) is 139 Å². The SMILES string of the molecule is CCC(C)c1ccc(OC(=O)c2cc(I)cc(I)c2O)c(C(=O)OCCOc2c(F)c(F)c(S(=O)(=O)[O-])c(F)c2F)c1. The fraction of sp³-hybridized carbons (Fsp3) is 0.231. The van der Waals surface area contributed by atoms with Crippen LogP contribution in [0.4, 0.5) is 17.6 Å². The first kappa shape index (κ1) is 33.8. The molecule has 3 aromatic rings. The Morgan fingerprint density at radius 1 is 0.952 bits per heavy atom. The Morgan fingerprint density at radius 2 is 1.57 bits per heavy atom. The smallest absolute Gasteiger partial charge is 0.347 e. The van der Waals surface area contributed by atoms with Crippen molar-refractivity contribution in [1.29, 1.82) is 0 Å². The van der Waals surface area contributed by atoms with Gasteiger partial charge in [0.1, 0.15) is 50.9 Å². The molecule has 0 radical (unpaired) electrons. The van der Waals surface area contributed by atoms with Crippen molar-refractivity contribution >= 4 is 67.2 Å². The van der Waals surface area contributed by atoms with Crippen molar-refractivity contribution in [2.75, 3.05) is 13.2 Å². The van der Waals surface area contributed by atoms with Crippen molar-refractivity contribution < 1.29 is 59.4 Å². The van der Waals surface area contributed by atoms with E-state index in [1.54, 1.807) is 12.1 Å². The zero-order chi connectivity index (χ0) is 31.5. The first-order chi connectivity index (χ1) is 19.6. The number of rotatable bonds is 10. The number of phenolic OH excluding ortho intramolecular Hbond substituents is 1. The van der Waals surface area contributed by atoms with Gasteiger partial charge in [0.05, 0.1) is 3.57 Å². The van der Waals surface area contributed by atoms with Gasteiger partial charge in [0.25, 0.3) is 0 Å². The van der Waals surface area contributed by atoms with Gasteiger partial charge in [0.15, 0.2) is 17.4 Å². The number of carbonyl (C=O) groups excluding carboxylic acids is 2. The quantitative estimate of drug-likeness (QED) is 0.0494. The van der Waals surface area contributed by atoms with Crippen molar-refractivity contribution in [2.45, 2.75) is 31.1 Å². The van der Waals surface area contributed by atoms with Crippen LogP contribution < -0.4 is 9.47 Å². The Morgan fingerprint density at radius 3 is 2.14 bits per heavy atom. The maximum absolute atomic E-state index is 14.1. The summed E-state index contributed by atoms with van der Waals surface area (Å²) in [6.07, 6.45) is 0.687. The second-order valence-electron chi connectivity index (χ2n) is 8.59. The Hall–Kier alpha value is -2.71. The monoisotopic (exact) mass is 837 g/mol. The van der Waals surface area contributed by atoms with Gasteiger partial charge in [-0.25, -0.2) is 26.8 Å². The summed E-state index contributed by atoms with van der Waals surface area (Å²) in [7, 11) is -5.90. The van der Waals surface area contributed by atoms with Gasteiger partial charge in [0.2, 0.25) is 11.6 Å². The highest BCUT2D eigenvalue weighted by Gasteiger charge is 2.30. The van der Waals surface area contributed by atoms with E-state index >= 15 is 0 Å². The van der Waals surface area contributed by atoms with Gasteiger partial charge in [-0.1, -0.05) is 19.9 Å². The van der Waals surface area contributed by atoms with Crippen molar-refractivity contribution in [2.24, 2.45) is 0 Å². The summed E-state index contributed by atoms with van der Waals surface area (Å²) in [6, 6.07) is 7.39. The largest absolute Gasteiger partial charge is 0.744 e. The van der Waals surface area contributed by atoms with Crippen LogP contribution in [0.3, 0.4) is 0 Å². The van der Waals surface area contributed by atoms with Gasteiger partial charge < -0.3 is 23.9 Å². The first-order valence-corrected chi connectivity index (χ1v) is 15.3. The third-order valence-electron chi connectivity index (χ3n) is 5.85. The molecule has 0 spiro atoms. The number of carbonyl (C=O) groups is 2. The highest BCUT2D eigenvalue weighted by atomic mass is 127.